The van der Waals surface area contributed by atoms with E-state index in [4.69, 9.17) is 4.74 Å². The lowest BCUT2D eigenvalue weighted by atomic mass is 10.1. The average Bonchev–Trinajstić information content (AvgIpc) is 2.67. The molecule has 0 radical (unpaired) electrons. The van der Waals surface area contributed by atoms with Crippen LogP contribution in [0.5, 0.6) is 0 Å². The molecule has 1 aliphatic rings. The quantitative estimate of drug-likeness (QED) is 0.425. The Labute approximate surface area is 160 Å². The van der Waals surface area contributed by atoms with E-state index in [1.165, 1.54) is 6.07 Å². The van der Waals surface area contributed by atoms with Crippen LogP contribution in [0.3, 0.4) is 0 Å². The Bertz CT molecular complexity index is 706. The third kappa shape index (κ3) is 8.23. The fraction of sp³-hybridized carbons (Fsp3) is 0.611. The molecule has 0 aliphatic carbocycles. The lowest BCUT2D eigenvalue weighted by Crippen LogP contribution is -2.43. The van der Waals surface area contributed by atoms with Crippen LogP contribution in [0, 0.1) is 5.82 Å². The SMILES string of the molecule is CN=C(NCCc1ccccc1F)NCCS(=O)(=O)NCC1CCCCO1. The molecule has 1 aromatic rings. The summed E-state index contributed by atoms with van der Waals surface area (Å²) in [6, 6.07) is 6.61. The Morgan fingerprint density at radius 2 is 2.04 bits per heavy atom. The molecule has 1 aliphatic heterocycles. The van der Waals surface area contributed by atoms with Gasteiger partial charge in [0.05, 0.1) is 11.9 Å². The summed E-state index contributed by atoms with van der Waals surface area (Å²) in [4.78, 5) is 4.05. The first-order valence-electron chi connectivity index (χ1n) is 9.27. The van der Waals surface area contributed by atoms with E-state index < -0.39 is 10.0 Å². The van der Waals surface area contributed by atoms with Crippen molar-refractivity contribution >= 4 is 16.0 Å². The van der Waals surface area contributed by atoms with E-state index in [1.807, 2.05) is 0 Å². The summed E-state index contributed by atoms with van der Waals surface area (Å²) >= 11 is 0. The molecule has 27 heavy (non-hydrogen) atoms. The zero-order valence-electron chi connectivity index (χ0n) is 15.7. The second kappa shape index (κ2) is 11.2. The fourth-order valence-corrected chi connectivity index (χ4v) is 3.76. The topological polar surface area (TPSA) is 91.8 Å². The van der Waals surface area contributed by atoms with Crippen molar-refractivity contribution in [1.29, 1.82) is 0 Å². The Morgan fingerprint density at radius 1 is 1.26 bits per heavy atom. The lowest BCUT2D eigenvalue weighted by Gasteiger charge is -2.22. The van der Waals surface area contributed by atoms with E-state index in [9.17, 15) is 12.8 Å². The Morgan fingerprint density at radius 3 is 2.74 bits per heavy atom. The first-order valence-corrected chi connectivity index (χ1v) is 10.9. The van der Waals surface area contributed by atoms with Crippen LogP contribution in [0.2, 0.25) is 0 Å². The molecule has 7 nitrogen and oxygen atoms in total. The monoisotopic (exact) mass is 400 g/mol. The molecule has 1 atom stereocenters. The Kier molecular flexibility index (Phi) is 8.96. The van der Waals surface area contributed by atoms with Crippen molar-refractivity contribution in [3.63, 3.8) is 0 Å². The average molecular weight is 401 g/mol. The van der Waals surface area contributed by atoms with Gasteiger partial charge in [-0.1, -0.05) is 18.2 Å². The van der Waals surface area contributed by atoms with Gasteiger partial charge in [-0.25, -0.2) is 17.5 Å². The molecule has 0 amide bonds. The van der Waals surface area contributed by atoms with E-state index in [0.717, 1.165) is 19.3 Å². The van der Waals surface area contributed by atoms with Gasteiger partial charge in [0.25, 0.3) is 0 Å². The van der Waals surface area contributed by atoms with Gasteiger partial charge in [0.1, 0.15) is 5.82 Å². The summed E-state index contributed by atoms with van der Waals surface area (Å²) in [5.74, 6) is 0.187. The number of nitrogens with one attached hydrogen (secondary N) is 3. The van der Waals surface area contributed by atoms with Crippen molar-refractivity contribution in [2.75, 3.05) is 39.0 Å². The highest BCUT2D eigenvalue weighted by Crippen LogP contribution is 2.11. The number of ether oxygens (including phenoxy) is 1. The molecule has 0 aromatic heterocycles. The molecule has 1 fully saturated rings. The molecule has 1 aromatic carbocycles. The number of hydrogen-bond acceptors (Lipinski definition) is 4. The smallest absolute Gasteiger partial charge is 0.213 e. The van der Waals surface area contributed by atoms with Gasteiger partial charge in [-0.15, -0.1) is 0 Å². The molecule has 2 rings (SSSR count). The second-order valence-corrected chi connectivity index (χ2v) is 8.35. The molecule has 0 spiro atoms. The third-order valence-corrected chi connectivity index (χ3v) is 5.68. The van der Waals surface area contributed by atoms with Crippen LogP contribution < -0.4 is 15.4 Å². The number of sulfonamides is 1. The van der Waals surface area contributed by atoms with Crippen LogP contribution in [0.4, 0.5) is 4.39 Å². The van der Waals surface area contributed by atoms with Gasteiger partial charge < -0.3 is 15.4 Å². The first-order chi connectivity index (χ1) is 13.0. The molecule has 3 N–H and O–H groups in total. The number of hydrogen-bond donors (Lipinski definition) is 3. The summed E-state index contributed by atoms with van der Waals surface area (Å²) < 4.78 is 45.8. The minimum Gasteiger partial charge on any atom is -0.377 e. The number of guanidine groups is 1. The minimum absolute atomic E-state index is 0.0331. The van der Waals surface area contributed by atoms with Crippen LogP contribution >= 0.6 is 0 Å². The van der Waals surface area contributed by atoms with Crippen molar-refractivity contribution in [3.05, 3.63) is 35.6 Å². The lowest BCUT2D eigenvalue weighted by molar-refractivity contribution is 0.0200. The van der Waals surface area contributed by atoms with Crippen LogP contribution in [0.1, 0.15) is 24.8 Å². The molecule has 1 heterocycles. The first kappa shape index (κ1) is 21.6. The fourth-order valence-electron chi connectivity index (χ4n) is 2.80. The molecule has 0 bridgehead atoms. The Hall–Kier alpha value is -1.71. The van der Waals surface area contributed by atoms with E-state index in [0.29, 0.717) is 37.6 Å². The van der Waals surface area contributed by atoms with Gasteiger partial charge in [-0.2, -0.15) is 0 Å². The van der Waals surface area contributed by atoms with Crippen LogP contribution in [-0.4, -0.2) is 59.5 Å². The van der Waals surface area contributed by atoms with Gasteiger partial charge in [-0.05, 0) is 37.3 Å². The number of rotatable bonds is 9. The summed E-state index contributed by atoms with van der Waals surface area (Å²) in [6.45, 7) is 1.73. The van der Waals surface area contributed by atoms with Crippen molar-refractivity contribution in [1.82, 2.24) is 15.4 Å². The van der Waals surface area contributed by atoms with Crippen molar-refractivity contribution in [3.8, 4) is 0 Å². The molecular weight excluding hydrogens is 371 g/mol. The standard InChI is InChI=1S/C18H29FN4O3S/c1-20-18(21-10-9-15-6-2-3-8-17(15)19)22-11-13-27(24,25)23-14-16-7-4-5-12-26-16/h2-3,6,8,16,23H,4-5,7,9-14H2,1H3,(H2,20,21,22). The number of aliphatic imine (C=N–C) groups is 1. The highest BCUT2D eigenvalue weighted by Gasteiger charge is 2.17. The summed E-state index contributed by atoms with van der Waals surface area (Å²) in [5.41, 5.74) is 0.622. The van der Waals surface area contributed by atoms with Gasteiger partial charge in [0.15, 0.2) is 5.96 Å². The molecule has 0 saturated carbocycles. The maximum atomic E-state index is 13.6. The van der Waals surface area contributed by atoms with E-state index in [-0.39, 0.29) is 24.2 Å². The van der Waals surface area contributed by atoms with Gasteiger partial charge in [-0.3, -0.25) is 4.99 Å². The predicted molar refractivity (Wildman–Crippen MR) is 105 cm³/mol. The van der Waals surface area contributed by atoms with Gasteiger partial charge >= 0.3 is 0 Å². The molecule has 1 unspecified atom stereocenters. The molecular formula is C18H29FN4O3S. The summed E-state index contributed by atoms with van der Waals surface area (Å²) in [7, 11) is -1.78. The highest BCUT2D eigenvalue weighted by molar-refractivity contribution is 7.89. The zero-order valence-corrected chi connectivity index (χ0v) is 16.5. The highest BCUT2D eigenvalue weighted by atomic mass is 32.2. The van der Waals surface area contributed by atoms with Crippen LogP contribution in [0.15, 0.2) is 29.3 Å². The van der Waals surface area contributed by atoms with E-state index >= 15 is 0 Å². The second-order valence-electron chi connectivity index (χ2n) is 6.42. The maximum Gasteiger partial charge on any atom is 0.213 e. The number of halogens is 1. The molecule has 9 heteroatoms. The zero-order chi connectivity index (χ0) is 19.5. The largest absolute Gasteiger partial charge is 0.377 e. The van der Waals surface area contributed by atoms with Crippen molar-refractivity contribution < 1.29 is 17.5 Å². The minimum atomic E-state index is -3.38. The van der Waals surface area contributed by atoms with E-state index in [1.54, 1.807) is 25.2 Å². The third-order valence-electron chi connectivity index (χ3n) is 4.34. The number of nitrogens with zero attached hydrogens (tertiary/aromatic N) is 1. The van der Waals surface area contributed by atoms with Gasteiger partial charge in [0.2, 0.25) is 10.0 Å². The molecule has 1 saturated heterocycles. The summed E-state index contributed by atoms with van der Waals surface area (Å²) in [5, 5.41) is 6.01. The normalized spacial score (nSPS) is 18.3. The van der Waals surface area contributed by atoms with Gasteiger partial charge in [0, 0.05) is 33.3 Å². The molecule has 152 valence electrons. The van der Waals surface area contributed by atoms with Crippen LogP contribution in [-0.2, 0) is 21.2 Å². The predicted octanol–water partition coefficient (Wildman–Crippen LogP) is 1.02. The van der Waals surface area contributed by atoms with Crippen LogP contribution in [0.25, 0.3) is 0 Å². The maximum absolute atomic E-state index is 13.6. The Balaban J connectivity index is 1.65. The van der Waals surface area contributed by atoms with Crippen molar-refractivity contribution in [2.24, 2.45) is 4.99 Å². The van der Waals surface area contributed by atoms with Crippen molar-refractivity contribution in [2.45, 2.75) is 31.8 Å². The summed E-state index contributed by atoms with van der Waals surface area (Å²) in [6.07, 6.45) is 3.47. The van der Waals surface area contributed by atoms with E-state index in [2.05, 4.69) is 20.3 Å². The number of benzene rings is 1.